The normalized spacial score (nSPS) is 27.9. The second-order valence-corrected chi connectivity index (χ2v) is 3.87. The SMILES string of the molecule is COC(C)CNCC1CCC(C(=O)O)O1. The fraction of sp³-hybridized carbons (Fsp3) is 0.900. The predicted molar refractivity (Wildman–Crippen MR) is 54.9 cm³/mol. The first-order chi connectivity index (χ1) is 7.13. The fourth-order valence-electron chi connectivity index (χ4n) is 1.57. The molecule has 0 bridgehead atoms. The van der Waals surface area contributed by atoms with Crippen molar-refractivity contribution in [3.05, 3.63) is 0 Å². The Morgan fingerprint density at radius 2 is 2.40 bits per heavy atom. The molecule has 0 aliphatic carbocycles. The number of nitrogens with one attached hydrogen (secondary N) is 1. The van der Waals surface area contributed by atoms with Gasteiger partial charge in [-0.05, 0) is 19.8 Å². The summed E-state index contributed by atoms with van der Waals surface area (Å²) in [6.07, 6.45) is 1.00. The maximum Gasteiger partial charge on any atom is 0.332 e. The van der Waals surface area contributed by atoms with Crippen molar-refractivity contribution in [2.75, 3.05) is 20.2 Å². The van der Waals surface area contributed by atoms with E-state index in [1.54, 1.807) is 7.11 Å². The second kappa shape index (κ2) is 6.05. The molecule has 5 heteroatoms. The lowest BCUT2D eigenvalue weighted by Gasteiger charge is -2.14. The molecule has 5 nitrogen and oxygen atoms in total. The van der Waals surface area contributed by atoms with E-state index in [-0.39, 0.29) is 12.2 Å². The minimum absolute atomic E-state index is 0.0233. The van der Waals surface area contributed by atoms with Crippen LogP contribution in [0.25, 0.3) is 0 Å². The van der Waals surface area contributed by atoms with Crippen molar-refractivity contribution < 1.29 is 19.4 Å². The van der Waals surface area contributed by atoms with E-state index in [4.69, 9.17) is 14.6 Å². The van der Waals surface area contributed by atoms with Crippen LogP contribution in [0, 0.1) is 0 Å². The van der Waals surface area contributed by atoms with Crippen molar-refractivity contribution in [3.8, 4) is 0 Å². The van der Waals surface area contributed by atoms with E-state index in [1.807, 2.05) is 6.92 Å². The molecule has 1 rings (SSSR count). The first-order valence-electron chi connectivity index (χ1n) is 5.25. The summed E-state index contributed by atoms with van der Waals surface area (Å²) >= 11 is 0. The number of hydrogen-bond donors (Lipinski definition) is 2. The summed E-state index contributed by atoms with van der Waals surface area (Å²) in [5.41, 5.74) is 0. The monoisotopic (exact) mass is 217 g/mol. The van der Waals surface area contributed by atoms with Crippen LogP contribution in [-0.2, 0) is 14.3 Å². The molecule has 2 N–H and O–H groups in total. The quantitative estimate of drug-likeness (QED) is 0.667. The van der Waals surface area contributed by atoms with E-state index in [2.05, 4.69) is 5.32 Å². The Morgan fingerprint density at radius 3 is 2.93 bits per heavy atom. The first-order valence-corrected chi connectivity index (χ1v) is 5.25. The molecule has 0 aromatic rings. The standard InChI is InChI=1S/C10H19NO4/c1-7(14-2)5-11-6-8-3-4-9(15-8)10(12)13/h7-9,11H,3-6H2,1-2H3,(H,12,13). The highest BCUT2D eigenvalue weighted by Crippen LogP contribution is 2.19. The summed E-state index contributed by atoms with van der Waals surface area (Å²) in [7, 11) is 1.67. The van der Waals surface area contributed by atoms with Gasteiger partial charge in [0.15, 0.2) is 6.10 Å². The Kier molecular flexibility index (Phi) is 5.01. The van der Waals surface area contributed by atoms with Gasteiger partial charge < -0.3 is 19.9 Å². The van der Waals surface area contributed by atoms with Crippen LogP contribution in [0.4, 0.5) is 0 Å². The lowest BCUT2D eigenvalue weighted by molar-refractivity contribution is -0.149. The van der Waals surface area contributed by atoms with Crippen molar-refractivity contribution in [1.29, 1.82) is 0 Å². The topological polar surface area (TPSA) is 67.8 Å². The molecule has 3 atom stereocenters. The Balaban J connectivity index is 2.11. The Morgan fingerprint density at radius 1 is 1.67 bits per heavy atom. The van der Waals surface area contributed by atoms with Crippen molar-refractivity contribution in [3.63, 3.8) is 0 Å². The van der Waals surface area contributed by atoms with Gasteiger partial charge in [0.25, 0.3) is 0 Å². The van der Waals surface area contributed by atoms with Gasteiger partial charge in [0.05, 0.1) is 12.2 Å². The smallest absolute Gasteiger partial charge is 0.332 e. The highest BCUT2D eigenvalue weighted by molar-refractivity contribution is 5.72. The number of carboxylic acid groups (broad SMARTS) is 1. The molecule has 88 valence electrons. The largest absolute Gasteiger partial charge is 0.479 e. The van der Waals surface area contributed by atoms with E-state index in [1.165, 1.54) is 0 Å². The maximum atomic E-state index is 10.6. The highest BCUT2D eigenvalue weighted by atomic mass is 16.5. The van der Waals surface area contributed by atoms with E-state index in [9.17, 15) is 4.79 Å². The Bertz CT molecular complexity index is 210. The molecule has 0 amide bonds. The second-order valence-electron chi connectivity index (χ2n) is 3.87. The lowest BCUT2D eigenvalue weighted by Crippen LogP contribution is -2.33. The van der Waals surface area contributed by atoms with Gasteiger partial charge in [0.2, 0.25) is 0 Å². The molecule has 3 unspecified atom stereocenters. The first kappa shape index (κ1) is 12.4. The molecule has 0 aromatic heterocycles. The Hall–Kier alpha value is -0.650. The number of hydrogen-bond acceptors (Lipinski definition) is 4. The number of ether oxygens (including phenoxy) is 2. The van der Waals surface area contributed by atoms with Gasteiger partial charge in [-0.15, -0.1) is 0 Å². The third-order valence-electron chi connectivity index (χ3n) is 2.59. The van der Waals surface area contributed by atoms with Crippen LogP contribution in [-0.4, -0.2) is 49.6 Å². The maximum absolute atomic E-state index is 10.6. The van der Waals surface area contributed by atoms with Crippen molar-refractivity contribution in [2.45, 2.75) is 38.1 Å². The number of aliphatic carboxylic acids is 1. The van der Waals surface area contributed by atoms with Crippen LogP contribution in [0.2, 0.25) is 0 Å². The average Bonchev–Trinajstić information content (AvgIpc) is 2.66. The van der Waals surface area contributed by atoms with E-state index >= 15 is 0 Å². The summed E-state index contributed by atoms with van der Waals surface area (Å²) in [6.45, 7) is 3.42. The van der Waals surface area contributed by atoms with Crippen LogP contribution in [0.3, 0.4) is 0 Å². The number of methoxy groups -OCH3 is 1. The zero-order valence-corrected chi connectivity index (χ0v) is 9.23. The molecule has 1 saturated heterocycles. The van der Waals surface area contributed by atoms with Crippen molar-refractivity contribution in [2.24, 2.45) is 0 Å². The average molecular weight is 217 g/mol. The summed E-state index contributed by atoms with van der Waals surface area (Å²) < 4.78 is 10.4. The number of carboxylic acids is 1. The van der Waals surface area contributed by atoms with Gasteiger partial charge >= 0.3 is 5.97 Å². The van der Waals surface area contributed by atoms with Gasteiger partial charge in [-0.3, -0.25) is 0 Å². The molecule has 0 saturated carbocycles. The van der Waals surface area contributed by atoms with E-state index < -0.39 is 12.1 Å². The van der Waals surface area contributed by atoms with Crippen molar-refractivity contribution >= 4 is 5.97 Å². The van der Waals surface area contributed by atoms with Gasteiger partial charge in [-0.1, -0.05) is 0 Å². The number of rotatable bonds is 6. The zero-order chi connectivity index (χ0) is 11.3. The summed E-state index contributed by atoms with van der Waals surface area (Å²) in [6, 6.07) is 0. The van der Waals surface area contributed by atoms with Gasteiger partial charge in [0.1, 0.15) is 0 Å². The van der Waals surface area contributed by atoms with Crippen LogP contribution in [0.5, 0.6) is 0 Å². The molecule has 0 radical (unpaired) electrons. The molecular formula is C10H19NO4. The minimum atomic E-state index is -0.859. The van der Waals surface area contributed by atoms with Crippen LogP contribution in [0.15, 0.2) is 0 Å². The highest BCUT2D eigenvalue weighted by Gasteiger charge is 2.29. The molecule has 1 heterocycles. The predicted octanol–water partition coefficient (Wildman–Crippen LogP) is 0.243. The summed E-state index contributed by atoms with van der Waals surface area (Å²) in [5, 5.41) is 11.9. The van der Waals surface area contributed by atoms with Crippen LogP contribution in [0.1, 0.15) is 19.8 Å². The van der Waals surface area contributed by atoms with Crippen LogP contribution >= 0.6 is 0 Å². The molecule has 1 aliphatic rings. The van der Waals surface area contributed by atoms with Gasteiger partial charge in [-0.25, -0.2) is 4.79 Å². The van der Waals surface area contributed by atoms with E-state index in [0.717, 1.165) is 13.0 Å². The molecule has 15 heavy (non-hydrogen) atoms. The van der Waals surface area contributed by atoms with Crippen molar-refractivity contribution in [1.82, 2.24) is 5.32 Å². The molecule has 1 fully saturated rings. The zero-order valence-electron chi connectivity index (χ0n) is 9.23. The molecular weight excluding hydrogens is 198 g/mol. The molecule has 0 aromatic carbocycles. The minimum Gasteiger partial charge on any atom is -0.479 e. The van der Waals surface area contributed by atoms with Crippen LogP contribution < -0.4 is 5.32 Å². The summed E-state index contributed by atoms with van der Waals surface area (Å²) in [5.74, 6) is -0.859. The van der Waals surface area contributed by atoms with Gasteiger partial charge in [0, 0.05) is 20.2 Å². The molecule has 1 aliphatic heterocycles. The third-order valence-corrected chi connectivity index (χ3v) is 2.59. The van der Waals surface area contributed by atoms with E-state index in [0.29, 0.717) is 13.0 Å². The third kappa shape index (κ3) is 4.15. The summed E-state index contributed by atoms with van der Waals surface area (Å²) in [4.78, 5) is 10.6. The van der Waals surface area contributed by atoms with Gasteiger partial charge in [-0.2, -0.15) is 0 Å². The molecule has 0 spiro atoms. The lowest BCUT2D eigenvalue weighted by atomic mass is 10.2. The number of carbonyl (C=O) groups is 1. The fourth-order valence-corrected chi connectivity index (χ4v) is 1.57. The Labute approximate surface area is 89.8 Å².